The molecule has 0 aliphatic rings. The zero-order valence-electron chi connectivity index (χ0n) is 11.7. The van der Waals surface area contributed by atoms with Crippen LogP contribution in [0.4, 0.5) is 4.39 Å². The molecule has 21 heavy (non-hydrogen) atoms. The summed E-state index contributed by atoms with van der Waals surface area (Å²) in [5.41, 5.74) is 1.47. The maximum absolute atomic E-state index is 13.3. The van der Waals surface area contributed by atoms with Gasteiger partial charge in [0.2, 0.25) is 5.91 Å². The van der Waals surface area contributed by atoms with Crippen LogP contribution in [0.1, 0.15) is 17.2 Å². The van der Waals surface area contributed by atoms with Crippen molar-refractivity contribution in [3.63, 3.8) is 0 Å². The third-order valence-corrected chi connectivity index (χ3v) is 3.46. The number of carbonyl (C=O) groups is 1. The smallest absolute Gasteiger partial charge is 0.242 e. The normalized spacial score (nSPS) is 12.2. The van der Waals surface area contributed by atoms with Crippen LogP contribution in [0, 0.1) is 5.82 Å². The maximum Gasteiger partial charge on any atom is 0.242 e. The molecule has 7 heteroatoms. The van der Waals surface area contributed by atoms with Crippen molar-refractivity contribution in [3.05, 3.63) is 52.0 Å². The van der Waals surface area contributed by atoms with Gasteiger partial charge in [0.15, 0.2) is 0 Å². The Morgan fingerprint density at radius 2 is 2.24 bits per heavy atom. The van der Waals surface area contributed by atoms with E-state index in [-0.39, 0.29) is 18.3 Å². The summed E-state index contributed by atoms with van der Waals surface area (Å²) in [5.74, 6) is -0.531. The van der Waals surface area contributed by atoms with Crippen molar-refractivity contribution < 1.29 is 9.18 Å². The lowest BCUT2D eigenvalue weighted by Gasteiger charge is -2.14. The molecule has 0 saturated heterocycles. The van der Waals surface area contributed by atoms with E-state index in [0.717, 1.165) is 5.56 Å². The zero-order valence-corrected chi connectivity index (χ0v) is 13.3. The Labute approximate surface area is 130 Å². The molecular weight excluding hydrogens is 339 g/mol. The van der Waals surface area contributed by atoms with Gasteiger partial charge in [0, 0.05) is 29.8 Å². The van der Waals surface area contributed by atoms with Crippen LogP contribution >= 0.6 is 15.9 Å². The third kappa shape index (κ3) is 4.12. The fourth-order valence-corrected chi connectivity index (χ4v) is 2.56. The number of likely N-dealkylation sites (N-methyl/N-ethyl adjacent to an activating group) is 1. The minimum Gasteiger partial charge on any atom is -0.350 e. The number of hydrogen-bond donors (Lipinski definition) is 2. The molecule has 1 aromatic heterocycles. The molecular formula is C14H16BrFN4O. The minimum absolute atomic E-state index is 0.189. The van der Waals surface area contributed by atoms with Gasteiger partial charge < -0.3 is 10.6 Å². The summed E-state index contributed by atoms with van der Waals surface area (Å²) in [4.78, 5) is 12.2. The number of nitrogens with one attached hydrogen (secondary N) is 2. The molecule has 2 aromatic rings. The fraction of sp³-hybridized carbons (Fsp3) is 0.286. The van der Waals surface area contributed by atoms with Gasteiger partial charge in [0.1, 0.15) is 11.9 Å². The van der Waals surface area contributed by atoms with E-state index in [4.69, 9.17) is 0 Å². The van der Waals surface area contributed by atoms with Crippen LogP contribution in [0.2, 0.25) is 0 Å². The highest BCUT2D eigenvalue weighted by Gasteiger charge is 2.19. The van der Waals surface area contributed by atoms with Crippen LogP contribution in [0.5, 0.6) is 0 Å². The molecule has 112 valence electrons. The molecule has 2 N–H and O–H groups in total. The monoisotopic (exact) mass is 354 g/mol. The van der Waals surface area contributed by atoms with Crippen LogP contribution in [0.15, 0.2) is 35.1 Å². The molecule has 0 fully saturated rings. The number of nitrogens with zero attached hydrogens (tertiary/aromatic N) is 2. The average Bonchev–Trinajstić information content (AvgIpc) is 2.82. The number of amides is 1. The van der Waals surface area contributed by atoms with E-state index >= 15 is 0 Å². The lowest BCUT2D eigenvalue weighted by Crippen LogP contribution is -2.35. The summed E-state index contributed by atoms with van der Waals surface area (Å²) >= 11 is 3.23. The maximum atomic E-state index is 13.3. The van der Waals surface area contributed by atoms with Crippen molar-refractivity contribution in [1.29, 1.82) is 0 Å². The van der Waals surface area contributed by atoms with E-state index in [9.17, 15) is 9.18 Å². The number of benzene rings is 1. The van der Waals surface area contributed by atoms with Gasteiger partial charge in [0.25, 0.3) is 0 Å². The summed E-state index contributed by atoms with van der Waals surface area (Å²) in [6.07, 6.45) is 3.42. The Balaban J connectivity index is 2.03. The summed E-state index contributed by atoms with van der Waals surface area (Å²) in [6.45, 7) is 0.258. The van der Waals surface area contributed by atoms with Gasteiger partial charge in [-0.05, 0) is 30.8 Å². The minimum atomic E-state index is -0.490. The Kier molecular flexibility index (Phi) is 5.08. The third-order valence-electron chi connectivity index (χ3n) is 3.00. The van der Waals surface area contributed by atoms with Crippen molar-refractivity contribution in [2.24, 2.45) is 7.05 Å². The van der Waals surface area contributed by atoms with Crippen molar-refractivity contribution in [2.45, 2.75) is 12.6 Å². The first-order valence-corrected chi connectivity index (χ1v) is 7.17. The lowest BCUT2D eigenvalue weighted by atomic mass is 10.1. The van der Waals surface area contributed by atoms with Gasteiger partial charge in [-0.15, -0.1) is 0 Å². The van der Waals surface area contributed by atoms with E-state index in [2.05, 4.69) is 31.7 Å². The molecule has 0 radical (unpaired) electrons. The first-order valence-electron chi connectivity index (χ1n) is 6.38. The molecule has 0 bridgehead atoms. The summed E-state index contributed by atoms with van der Waals surface area (Å²) < 4.78 is 15.6. The predicted octanol–water partition coefficient (Wildman–Crippen LogP) is 1.90. The highest BCUT2D eigenvalue weighted by Crippen LogP contribution is 2.15. The number of carbonyl (C=O) groups excluding carboxylic acids is 1. The zero-order chi connectivity index (χ0) is 15.4. The standard InChI is InChI=1S/C14H16BrFN4O/c1-17-13(10-7-19-20(2)8-10)14(21)18-6-9-3-11(15)5-12(16)4-9/h3-5,7-8,13,17H,6H2,1-2H3,(H,18,21). The van der Waals surface area contributed by atoms with E-state index in [1.807, 2.05) is 0 Å². The predicted molar refractivity (Wildman–Crippen MR) is 81.0 cm³/mol. The first-order chi connectivity index (χ1) is 9.99. The topological polar surface area (TPSA) is 59.0 Å². The number of halogens is 2. The van der Waals surface area contributed by atoms with Crippen LogP contribution in [-0.4, -0.2) is 22.7 Å². The highest BCUT2D eigenvalue weighted by molar-refractivity contribution is 9.10. The quantitative estimate of drug-likeness (QED) is 0.861. The van der Waals surface area contributed by atoms with Crippen molar-refractivity contribution >= 4 is 21.8 Å². The number of hydrogen-bond acceptors (Lipinski definition) is 3. The lowest BCUT2D eigenvalue weighted by molar-refractivity contribution is -0.123. The molecule has 1 atom stereocenters. The number of rotatable bonds is 5. The van der Waals surface area contributed by atoms with Gasteiger partial charge in [-0.2, -0.15) is 5.10 Å². The van der Waals surface area contributed by atoms with E-state index < -0.39 is 6.04 Å². The van der Waals surface area contributed by atoms with Gasteiger partial charge >= 0.3 is 0 Å². The molecule has 0 aliphatic carbocycles. The highest BCUT2D eigenvalue weighted by atomic mass is 79.9. The Morgan fingerprint density at radius 1 is 1.48 bits per heavy atom. The van der Waals surface area contributed by atoms with Gasteiger partial charge in [0.05, 0.1) is 6.20 Å². The number of aryl methyl sites for hydroxylation is 1. The molecule has 1 aromatic carbocycles. The second-order valence-corrected chi connectivity index (χ2v) is 5.58. The van der Waals surface area contributed by atoms with E-state index in [0.29, 0.717) is 10.0 Å². The van der Waals surface area contributed by atoms with Crippen LogP contribution in [0.25, 0.3) is 0 Å². The van der Waals surface area contributed by atoms with E-state index in [1.165, 1.54) is 12.1 Å². The SMILES string of the molecule is CNC(C(=O)NCc1cc(F)cc(Br)c1)c1cnn(C)c1. The molecule has 1 amide bonds. The van der Waals surface area contributed by atoms with Gasteiger partial charge in [-0.3, -0.25) is 9.48 Å². The Hall–Kier alpha value is -1.73. The van der Waals surface area contributed by atoms with Gasteiger partial charge in [-0.25, -0.2) is 4.39 Å². The number of aromatic nitrogens is 2. The van der Waals surface area contributed by atoms with Crippen molar-refractivity contribution in [3.8, 4) is 0 Å². The largest absolute Gasteiger partial charge is 0.350 e. The van der Waals surface area contributed by atoms with Crippen LogP contribution in [-0.2, 0) is 18.4 Å². The van der Waals surface area contributed by atoms with Crippen LogP contribution < -0.4 is 10.6 Å². The van der Waals surface area contributed by atoms with E-state index in [1.54, 1.807) is 37.2 Å². The van der Waals surface area contributed by atoms with Gasteiger partial charge in [-0.1, -0.05) is 15.9 Å². The molecule has 0 spiro atoms. The summed E-state index contributed by atoms with van der Waals surface area (Å²) in [6, 6.07) is 4.04. The Morgan fingerprint density at radius 3 is 2.81 bits per heavy atom. The van der Waals surface area contributed by atoms with Crippen molar-refractivity contribution in [1.82, 2.24) is 20.4 Å². The first kappa shape index (κ1) is 15.7. The second kappa shape index (κ2) is 6.82. The molecule has 1 unspecified atom stereocenters. The molecule has 1 heterocycles. The molecule has 0 aliphatic heterocycles. The summed E-state index contributed by atoms with van der Waals surface area (Å²) in [7, 11) is 3.49. The van der Waals surface area contributed by atoms with Crippen LogP contribution in [0.3, 0.4) is 0 Å². The Bertz CT molecular complexity index is 623. The van der Waals surface area contributed by atoms with Crippen molar-refractivity contribution in [2.75, 3.05) is 7.05 Å². The summed E-state index contributed by atoms with van der Waals surface area (Å²) in [5, 5.41) is 9.78. The molecule has 2 rings (SSSR count). The average molecular weight is 355 g/mol. The molecule has 0 saturated carbocycles. The second-order valence-electron chi connectivity index (χ2n) is 4.66. The molecule has 5 nitrogen and oxygen atoms in total. The fourth-order valence-electron chi connectivity index (χ4n) is 2.04.